The number of rotatable bonds is 0. The SMILES string of the molecule is C1=NN=C(N2CCOCC2)c2ccnn2C1. The van der Waals surface area contributed by atoms with Gasteiger partial charge in [0.1, 0.15) is 5.69 Å². The maximum atomic E-state index is 5.33. The summed E-state index contributed by atoms with van der Waals surface area (Å²) in [6.07, 6.45) is 3.56. The number of hydrogen-bond acceptors (Lipinski definition) is 5. The van der Waals surface area contributed by atoms with Crippen molar-refractivity contribution in [2.45, 2.75) is 6.54 Å². The second kappa shape index (κ2) is 4.05. The van der Waals surface area contributed by atoms with Crippen molar-refractivity contribution in [3.05, 3.63) is 18.0 Å². The highest BCUT2D eigenvalue weighted by molar-refractivity contribution is 5.98. The lowest BCUT2D eigenvalue weighted by atomic mass is 10.3. The van der Waals surface area contributed by atoms with Crippen LogP contribution in [0.1, 0.15) is 5.69 Å². The Hall–Kier alpha value is -1.69. The molecule has 3 rings (SSSR count). The molecule has 16 heavy (non-hydrogen) atoms. The standard InChI is InChI=1S/C10H13N5O/c1-2-12-15-4-3-11-13-10(9(1)15)14-5-7-16-8-6-14/h1-3H,4-8H2. The molecule has 0 N–H and O–H groups in total. The molecule has 1 aromatic rings. The molecule has 3 heterocycles. The molecular formula is C10H13N5O. The Morgan fingerprint density at radius 3 is 3.00 bits per heavy atom. The number of amidine groups is 1. The molecule has 0 atom stereocenters. The Balaban J connectivity index is 1.94. The number of fused-ring (bicyclic) bond motifs is 1. The van der Waals surface area contributed by atoms with Crippen LogP contribution in [0.4, 0.5) is 0 Å². The first-order valence-electron chi connectivity index (χ1n) is 5.39. The molecule has 6 heteroatoms. The average molecular weight is 219 g/mol. The Kier molecular flexibility index (Phi) is 2.41. The molecule has 0 unspecified atom stereocenters. The van der Waals surface area contributed by atoms with Crippen molar-refractivity contribution in [1.29, 1.82) is 0 Å². The smallest absolute Gasteiger partial charge is 0.176 e. The third kappa shape index (κ3) is 1.61. The van der Waals surface area contributed by atoms with Crippen LogP contribution in [0, 0.1) is 0 Å². The molecule has 6 nitrogen and oxygen atoms in total. The molecule has 1 aromatic heterocycles. The topological polar surface area (TPSA) is 55.0 Å². The van der Waals surface area contributed by atoms with E-state index in [1.807, 2.05) is 10.7 Å². The van der Waals surface area contributed by atoms with Gasteiger partial charge in [-0.1, -0.05) is 0 Å². The van der Waals surface area contributed by atoms with E-state index in [1.54, 1.807) is 12.4 Å². The van der Waals surface area contributed by atoms with E-state index in [-0.39, 0.29) is 0 Å². The van der Waals surface area contributed by atoms with E-state index >= 15 is 0 Å². The van der Waals surface area contributed by atoms with Gasteiger partial charge >= 0.3 is 0 Å². The van der Waals surface area contributed by atoms with Gasteiger partial charge in [-0.05, 0) is 6.07 Å². The molecule has 0 radical (unpaired) electrons. The Bertz CT molecular complexity index is 430. The summed E-state index contributed by atoms with van der Waals surface area (Å²) in [4.78, 5) is 2.19. The van der Waals surface area contributed by atoms with Gasteiger partial charge < -0.3 is 9.64 Å². The lowest BCUT2D eigenvalue weighted by Crippen LogP contribution is -2.41. The minimum Gasteiger partial charge on any atom is -0.378 e. The van der Waals surface area contributed by atoms with Crippen LogP contribution in [0.25, 0.3) is 0 Å². The highest BCUT2D eigenvalue weighted by Crippen LogP contribution is 2.10. The summed E-state index contributed by atoms with van der Waals surface area (Å²) in [6, 6.07) is 1.98. The molecule has 2 aliphatic rings. The Labute approximate surface area is 93.2 Å². The van der Waals surface area contributed by atoms with E-state index in [0.717, 1.165) is 37.8 Å². The first-order chi connectivity index (χ1) is 7.95. The van der Waals surface area contributed by atoms with Crippen molar-refractivity contribution in [2.75, 3.05) is 26.3 Å². The van der Waals surface area contributed by atoms with Crippen molar-refractivity contribution >= 4 is 12.1 Å². The zero-order valence-electron chi connectivity index (χ0n) is 8.91. The fraction of sp³-hybridized carbons (Fsp3) is 0.500. The van der Waals surface area contributed by atoms with Crippen LogP contribution in [0.15, 0.2) is 22.5 Å². The summed E-state index contributed by atoms with van der Waals surface area (Å²) in [5, 5.41) is 12.5. The fourth-order valence-corrected chi connectivity index (χ4v) is 1.93. The van der Waals surface area contributed by atoms with Crippen LogP contribution in [-0.4, -0.2) is 53.0 Å². The minimum absolute atomic E-state index is 0.680. The van der Waals surface area contributed by atoms with Crippen LogP contribution >= 0.6 is 0 Å². The van der Waals surface area contributed by atoms with Gasteiger partial charge in [0.15, 0.2) is 5.84 Å². The molecule has 0 aromatic carbocycles. The molecule has 1 fully saturated rings. The normalized spacial score (nSPS) is 20.2. The quantitative estimate of drug-likeness (QED) is 0.615. The summed E-state index contributed by atoms with van der Waals surface area (Å²) in [5.41, 5.74) is 1.03. The molecular weight excluding hydrogens is 206 g/mol. The molecule has 0 aliphatic carbocycles. The van der Waals surface area contributed by atoms with Crippen molar-refractivity contribution < 1.29 is 4.74 Å². The number of aromatic nitrogens is 2. The van der Waals surface area contributed by atoms with Crippen LogP contribution in [-0.2, 0) is 11.3 Å². The van der Waals surface area contributed by atoms with Gasteiger partial charge in [-0.3, -0.25) is 4.68 Å². The molecule has 2 aliphatic heterocycles. The summed E-state index contributed by atoms with van der Waals surface area (Å²) in [5.74, 6) is 0.898. The summed E-state index contributed by atoms with van der Waals surface area (Å²) in [6.45, 7) is 3.90. The Morgan fingerprint density at radius 2 is 2.12 bits per heavy atom. The second-order valence-electron chi connectivity index (χ2n) is 3.72. The first kappa shape index (κ1) is 9.53. The van der Waals surface area contributed by atoms with Crippen molar-refractivity contribution in [2.24, 2.45) is 10.2 Å². The molecule has 0 bridgehead atoms. The monoisotopic (exact) mass is 219 g/mol. The third-order valence-electron chi connectivity index (χ3n) is 2.74. The highest BCUT2D eigenvalue weighted by Gasteiger charge is 2.20. The van der Waals surface area contributed by atoms with Gasteiger partial charge in [0.25, 0.3) is 0 Å². The van der Waals surface area contributed by atoms with E-state index in [0.29, 0.717) is 6.54 Å². The summed E-state index contributed by atoms with van der Waals surface area (Å²) >= 11 is 0. The molecule has 0 spiro atoms. The second-order valence-corrected chi connectivity index (χ2v) is 3.72. The number of ether oxygens (including phenoxy) is 1. The summed E-state index contributed by atoms with van der Waals surface area (Å²) in [7, 11) is 0. The van der Waals surface area contributed by atoms with Crippen LogP contribution in [0.2, 0.25) is 0 Å². The van der Waals surface area contributed by atoms with Gasteiger partial charge in [0.05, 0.1) is 19.8 Å². The number of morpholine rings is 1. The molecule has 0 saturated carbocycles. The first-order valence-corrected chi connectivity index (χ1v) is 5.39. The van der Waals surface area contributed by atoms with E-state index in [2.05, 4.69) is 20.2 Å². The lowest BCUT2D eigenvalue weighted by Gasteiger charge is -2.28. The Morgan fingerprint density at radius 1 is 1.25 bits per heavy atom. The van der Waals surface area contributed by atoms with E-state index in [1.165, 1.54) is 0 Å². The number of nitrogens with zero attached hydrogens (tertiary/aromatic N) is 5. The third-order valence-corrected chi connectivity index (χ3v) is 2.74. The van der Waals surface area contributed by atoms with E-state index < -0.39 is 0 Å². The fourth-order valence-electron chi connectivity index (χ4n) is 1.93. The van der Waals surface area contributed by atoms with Crippen LogP contribution in [0.5, 0.6) is 0 Å². The van der Waals surface area contributed by atoms with Gasteiger partial charge in [-0.2, -0.15) is 10.2 Å². The lowest BCUT2D eigenvalue weighted by molar-refractivity contribution is 0.0680. The maximum Gasteiger partial charge on any atom is 0.176 e. The minimum atomic E-state index is 0.680. The largest absolute Gasteiger partial charge is 0.378 e. The predicted molar refractivity (Wildman–Crippen MR) is 59.6 cm³/mol. The van der Waals surface area contributed by atoms with Crippen molar-refractivity contribution in [3.63, 3.8) is 0 Å². The number of hydrogen-bond donors (Lipinski definition) is 0. The van der Waals surface area contributed by atoms with Crippen molar-refractivity contribution in [3.8, 4) is 0 Å². The van der Waals surface area contributed by atoms with E-state index in [4.69, 9.17) is 4.74 Å². The van der Waals surface area contributed by atoms with E-state index in [9.17, 15) is 0 Å². The van der Waals surface area contributed by atoms with Gasteiger partial charge in [-0.15, -0.1) is 5.10 Å². The van der Waals surface area contributed by atoms with Crippen LogP contribution in [0.3, 0.4) is 0 Å². The molecule has 1 saturated heterocycles. The molecule has 0 amide bonds. The average Bonchev–Trinajstić information content (AvgIpc) is 2.70. The molecule has 84 valence electrons. The van der Waals surface area contributed by atoms with Gasteiger partial charge in [-0.25, -0.2) is 0 Å². The zero-order valence-corrected chi connectivity index (χ0v) is 8.91. The summed E-state index contributed by atoms with van der Waals surface area (Å²) < 4.78 is 7.24. The van der Waals surface area contributed by atoms with Crippen molar-refractivity contribution in [1.82, 2.24) is 14.7 Å². The van der Waals surface area contributed by atoms with Gasteiger partial charge in [0, 0.05) is 25.5 Å². The maximum absolute atomic E-state index is 5.33. The zero-order chi connectivity index (χ0) is 10.8. The van der Waals surface area contributed by atoms with Gasteiger partial charge in [0.2, 0.25) is 0 Å². The van der Waals surface area contributed by atoms with Crippen LogP contribution < -0.4 is 0 Å². The predicted octanol–water partition coefficient (Wildman–Crippen LogP) is -0.0387. The highest BCUT2D eigenvalue weighted by atomic mass is 16.5.